The van der Waals surface area contributed by atoms with Crippen molar-refractivity contribution < 1.29 is 14.3 Å². The van der Waals surface area contributed by atoms with Gasteiger partial charge in [-0.25, -0.2) is 14.2 Å². The third kappa shape index (κ3) is 6.50. The Morgan fingerprint density at radius 2 is 1.13 bits per heavy atom. The summed E-state index contributed by atoms with van der Waals surface area (Å²) in [5, 5.41) is 20.1. The lowest BCUT2D eigenvalue weighted by Crippen LogP contribution is -2.51. The summed E-state index contributed by atoms with van der Waals surface area (Å²) in [6.45, 7) is 1.25. The fourth-order valence-corrected chi connectivity index (χ4v) is 6.50. The van der Waals surface area contributed by atoms with Crippen molar-refractivity contribution in [3.8, 4) is 0 Å². The zero-order valence-corrected chi connectivity index (χ0v) is 25.5. The predicted molar refractivity (Wildman–Crippen MR) is 181 cm³/mol. The average Bonchev–Trinajstić information content (AvgIpc) is 3.17. The molecule has 0 bridgehead atoms. The first kappa shape index (κ1) is 29.7. The van der Waals surface area contributed by atoms with Gasteiger partial charge in [0.2, 0.25) is 0 Å². The van der Waals surface area contributed by atoms with E-state index in [1.54, 1.807) is 17.1 Å². The number of urea groups is 1. The first-order chi connectivity index (χ1) is 22.5. The van der Waals surface area contributed by atoms with Crippen LogP contribution in [0.15, 0.2) is 140 Å². The highest BCUT2D eigenvalue weighted by atomic mass is 19.1. The summed E-state index contributed by atoms with van der Waals surface area (Å²) in [6, 6.07) is 44.6. The molecule has 1 aliphatic rings. The summed E-state index contributed by atoms with van der Waals surface area (Å²) in [5.74, 6) is -0.312. The molecule has 0 spiro atoms. The van der Waals surface area contributed by atoms with Gasteiger partial charge in [0.15, 0.2) is 0 Å². The zero-order chi connectivity index (χ0) is 31.5. The summed E-state index contributed by atoms with van der Waals surface area (Å²) in [7, 11) is 0. The van der Waals surface area contributed by atoms with E-state index in [1.807, 2.05) is 64.5 Å². The quantitative estimate of drug-likeness (QED) is 0.191. The molecule has 1 heterocycles. The molecule has 6 aromatic carbocycles. The van der Waals surface area contributed by atoms with Crippen molar-refractivity contribution in [2.75, 3.05) is 6.54 Å². The van der Waals surface area contributed by atoms with Crippen LogP contribution < -0.4 is 0 Å². The van der Waals surface area contributed by atoms with E-state index in [1.165, 1.54) is 12.1 Å². The minimum Gasteiger partial charge on any atom is -0.390 e. The minimum atomic E-state index is -0.841. The second kappa shape index (κ2) is 13.1. The van der Waals surface area contributed by atoms with E-state index >= 15 is 0 Å². The van der Waals surface area contributed by atoms with Gasteiger partial charge in [0.05, 0.1) is 18.7 Å². The van der Waals surface area contributed by atoms with Crippen molar-refractivity contribution in [3.63, 3.8) is 0 Å². The van der Waals surface area contributed by atoms with Gasteiger partial charge in [-0.3, -0.25) is 5.01 Å². The van der Waals surface area contributed by atoms with Gasteiger partial charge in [0, 0.05) is 19.6 Å². The van der Waals surface area contributed by atoms with E-state index in [0.717, 1.165) is 43.8 Å². The first-order valence-electron chi connectivity index (χ1n) is 15.7. The topological polar surface area (TPSA) is 47.0 Å². The van der Waals surface area contributed by atoms with Gasteiger partial charge in [-0.1, -0.05) is 115 Å². The standard InChI is InChI=1S/C40H36FN3O2/c41-37-20-16-30(17-21-37)25-42-28-39(45)38(24-29-8-2-1-3-9-29)43(26-31-14-18-33-10-4-6-12-35(33)22-31)40(46)44(42)27-32-15-19-34-11-5-7-13-36(34)23-32/h1-23,38-39,45H,24-28H2/t38-,39-/m0/s1. The van der Waals surface area contributed by atoms with E-state index in [4.69, 9.17) is 0 Å². The van der Waals surface area contributed by atoms with Crippen LogP contribution in [0.25, 0.3) is 21.5 Å². The number of carbonyl (C=O) groups excluding carboxylic acids is 1. The third-order valence-electron chi connectivity index (χ3n) is 8.93. The van der Waals surface area contributed by atoms with Crippen LogP contribution >= 0.6 is 0 Å². The van der Waals surface area contributed by atoms with Crippen molar-refractivity contribution in [3.05, 3.63) is 168 Å². The maximum absolute atomic E-state index is 14.9. The Labute approximate surface area is 268 Å². The third-order valence-corrected chi connectivity index (χ3v) is 8.93. The minimum absolute atomic E-state index is 0.180. The molecule has 0 aliphatic carbocycles. The molecule has 2 amide bonds. The van der Waals surface area contributed by atoms with Crippen LogP contribution in [0.3, 0.4) is 0 Å². The molecule has 46 heavy (non-hydrogen) atoms. The molecule has 5 nitrogen and oxygen atoms in total. The molecule has 2 atom stereocenters. The van der Waals surface area contributed by atoms with Crippen molar-refractivity contribution in [2.45, 2.75) is 38.2 Å². The van der Waals surface area contributed by atoms with Crippen LogP contribution in [-0.2, 0) is 26.1 Å². The Kier molecular flexibility index (Phi) is 8.47. The average molecular weight is 610 g/mol. The lowest BCUT2D eigenvalue weighted by molar-refractivity contribution is -0.0213. The molecule has 6 heteroatoms. The van der Waals surface area contributed by atoms with E-state index in [2.05, 4.69) is 60.7 Å². The number of carbonyl (C=O) groups is 1. The van der Waals surface area contributed by atoms with Gasteiger partial charge < -0.3 is 10.0 Å². The Bertz CT molecular complexity index is 1960. The first-order valence-corrected chi connectivity index (χ1v) is 15.7. The second-order valence-corrected chi connectivity index (χ2v) is 12.1. The number of benzene rings is 6. The number of β-amino-alcohol motifs (C(OH)–C–C–N with tert-alkyl or cyclic N) is 1. The number of rotatable bonds is 8. The zero-order valence-electron chi connectivity index (χ0n) is 25.5. The van der Waals surface area contributed by atoms with Crippen LogP contribution in [0, 0.1) is 5.82 Å². The van der Waals surface area contributed by atoms with Gasteiger partial charge >= 0.3 is 6.03 Å². The number of aliphatic hydroxyl groups is 1. The fourth-order valence-electron chi connectivity index (χ4n) is 6.50. The number of nitrogens with zero attached hydrogens (tertiary/aromatic N) is 3. The predicted octanol–water partition coefficient (Wildman–Crippen LogP) is 7.96. The molecule has 0 saturated carbocycles. The molecule has 1 saturated heterocycles. The summed E-state index contributed by atoms with van der Waals surface area (Å²) >= 11 is 0. The summed E-state index contributed by atoms with van der Waals surface area (Å²) in [5.41, 5.74) is 3.89. The SMILES string of the molecule is O=C1N(Cc2ccc3ccccc3c2)[C@@H](Cc2ccccc2)[C@@H](O)CN(Cc2ccc(F)cc2)N1Cc1ccc2ccccc2c1. The molecule has 230 valence electrons. The monoisotopic (exact) mass is 609 g/mol. The van der Waals surface area contributed by atoms with E-state index in [-0.39, 0.29) is 18.4 Å². The number of hydrogen-bond donors (Lipinski definition) is 1. The van der Waals surface area contributed by atoms with Gasteiger partial charge in [0.25, 0.3) is 0 Å². The lowest BCUT2D eigenvalue weighted by atomic mass is 9.98. The Balaban J connectivity index is 1.29. The smallest absolute Gasteiger partial charge is 0.335 e. The van der Waals surface area contributed by atoms with Crippen molar-refractivity contribution in [2.24, 2.45) is 0 Å². The normalized spacial score (nSPS) is 17.5. The number of amides is 2. The van der Waals surface area contributed by atoms with Crippen LogP contribution in [0.4, 0.5) is 9.18 Å². The number of hydrazine groups is 1. The Morgan fingerprint density at radius 3 is 1.76 bits per heavy atom. The van der Waals surface area contributed by atoms with Crippen LogP contribution in [-0.4, -0.2) is 44.7 Å². The van der Waals surface area contributed by atoms with E-state index in [0.29, 0.717) is 26.1 Å². The fraction of sp³-hybridized carbons (Fsp3) is 0.175. The van der Waals surface area contributed by atoms with Gasteiger partial charge in [-0.05, 0) is 74.5 Å². The summed E-state index contributed by atoms with van der Waals surface area (Å²) < 4.78 is 13.8. The molecular formula is C40H36FN3O2. The maximum Gasteiger partial charge on any atom is 0.335 e. The van der Waals surface area contributed by atoms with Crippen LogP contribution in [0.5, 0.6) is 0 Å². The number of aliphatic hydroxyl groups excluding tert-OH is 1. The lowest BCUT2D eigenvalue weighted by Gasteiger charge is -2.36. The summed E-state index contributed by atoms with van der Waals surface area (Å²) in [6.07, 6.45) is -0.332. The van der Waals surface area contributed by atoms with Gasteiger partial charge in [-0.15, -0.1) is 0 Å². The van der Waals surface area contributed by atoms with Crippen LogP contribution in [0.2, 0.25) is 0 Å². The molecule has 1 fully saturated rings. The number of fused-ring (bicyclic) bond motifs is 2. The van der Waals surface area contributed by atoms with Crippen molar-refractivity contribution in [1.82, 2.24) is 14.9 Å². The van der Waals surface area contributed by atoms with Crippen molar-refractivity contribution in [1.29, 1.82) is 0 Å². The second-order valence-electron chi connectivity index (χ2n) is 12.1. The molecule has 7 rings (SSSR count). The number of halogens is 1. The molecule has 0 unspecified atom stereocenters. The summed E-state index contributed by atoms with van der Waals surface area (Å²) in [4.78, 5) is 16.8. The van der Waals surface area contributed by atoms with E-state index in [9.17, 15) is 14.3 Å². The molecule has 0 aromatic heterocycles. The Hall–Kier alpha value is -5.04. The molecule has 1 N–H and O–H groups in total. The largest absolute Gasteiger partial charge is 0.390 e. The van der Waals surface area contributed by atoms with Gasteiger partial charge in [-0.2, -0.15) is 0 Å². The highest BCUT2D eigenvalue weighted by Crippen LogP contribution is 2.28. The molecule has 6 aromatic rings. The number of hydrogen-bond acceptors (Lipinski definition) is 3. The highest BCUT2D eigenvalue weighted by molar-refractivity contribution is 5.84. The Morgan fingerprint density at radius 1 is 0.587 bits per heavy atom. The maximum atomic E-state index is 14.9. The van der Waals surface area contributed by atoms with Gasteiger partial charge in [0.1, 0.15) is 5.82 Å². The molecule has 0 radical (unpaired) electrons. The molecular weight excluding hydrogens is 573 g/mol. The highest BCUT2D eigenvalue weighted by Gasteiger charge is 2.40. The van der Waals surface area contributed by atoms with E-state index < -0.39 is 12.1 Å². The van der Waals surface area contributed by atoms with Crippen molar-refractivity contribution >= 4 is 27.6 Å². The van der Waals surface area contributed by atoms with Crippen LogP contribution in [0.1, 0.15) is 22.3 Å². The molecule has 1 aliphatic heterocycles.